The normalized spacial score (nSPS) is 10.6. The van der Waals surface area contributed by atoms with Crippen LogP contribution in [0.4, 0.5) is 17.5 Å². The van der Waals surface area contributed by atoms with E-state index in [0.29, 0.717) is 22.7 Å². The highest BCUT2D eigenvalue weighted by atomic mass is 35.5. The Labute approximate surface area is 117 Å². The summed E-state index contributed by atoms with van der Waals surface area (Å²) in [7, 11) is 0. The third kappa shape index (κ3) is 3.13. The molecule has 0 aliphatic rings. The van der Waals surface area contributed by atoms with Crippen molar-refractivity contribution in [2.75, 3.05) is 10.7 Å². The summed E-state index contributed by atoms with van der Waals surface area (Å²) in [5.41, 5.74) is 4.56. The van der Waals surface area contributed by atoms with E-state index in [4.69, 9.17) is 17.4 Å². The molecule has 4 N–H and O–H groups in total. The molecule has 0 aliphatic heterocycles. The number of anilines is 3. The Morgan fingerprint density at radius 1 is 1.26 bits per heavy atom. The molecule has 0 aliphatic carbocycles. The molecule has 0 atom stereocenters. The zero-order chi connectivity index (χ0) is 13.8. The third-order valence-electron chi connectivity index (χ3n) is 2.71. The number of aromatic nitrogens is 2. The van der Waals surface area contributed by atoms with Gasteiger partial charge in [-0.2, -0.15) is 4.98 Å². The van der Waals surface area contributed by atoms with Gasteiger partial charge in [-0.3, -0.25) is 5.43 Å². The van der Waals surface area contributed by atoms with Gasteiger partial charge >= 0.3 is 0 Å². The minimum absolute atomic E-state index is 0.314. The number of hydrogen-bond acceptors (Lipinski definition) is 5. The number of hydrazine groups is 1. The van der Waals surface area contributed by atoms with E-state index >= 15 is 0 Å². The fourth-order valence-corrected chi connectivity index (χ4v) is 1.90. The quantitative estimate of drug-likeness (QED) is 0.591. The Morgan fingerprint density at radius 3 is 2.68 bits per heavy atom. The Morgan fingerprint density at radius 2 is 2.00 bits per heavy atom. The number of nitrogen functional groups attached to an aromatic ring is 1. The lowest BCUT2D eigenvalue weighted by Crippen LogP contribution is -2.11. The summed E-state index contributed by atoms with van der Waals surface area (Å²) in [5, 5.41) is 3.66. The molecule has 2 aromatic rings. The first-order valence-corrected chi connectivity index (χ1v) is 6.34. The van der Waals surface area contributed by atoms with E-state index in [1.807, 2.05) is 18.2 Å². The molecule has 0 saturated carbocycles. The lowest BCUT2D eigenvalue weighted by atomic mass is 10.0. The second kappa shape index (κ2) is 5.86. The van der Waals surface area contributed by atoms with Crippen LogP contribution in [0.5, 0.6) is 0 Å². The zero-order valence-electron chi connectivity index (χ0n) is 10.8. The predicted molar refractivity (Wildman–Crippen MR) is 78.7 cm³/mol. The van der Waals surface area contributed by atoms with Crippen molar-refractivity contribution in [3.05, 3.63) is 41.0 Å². The van der Waals surface area contributed by atoms with Crippen molar-refractivity contribution in [3.63, 3.8) is 0 Å². The summed E-state index contributed by atoms with van der Waals surface area (Å²) < 4.78 is 0. The van der Waals surface area contributed by atoms with Crippen molar-refractivity contribution in [2.24, 2.45) is 5.84 Å². The predicted octanol–water partition coefficient (Wildman–Crippen LogP) is 3.28. The summed E-state index contributed by atoms with van der Waals surface area (Å²) in [4.78, 5) is 8.13. The smallest absolute Gasteiger partial charge is 0.239 e. The molecule has 5 nitrogen and oxygen atoms in total. The molecule has 2 rings (SSSR count). The van der Waals surface area contributed by atoms with Gasteiger partial charge in [0.25, 0.3) is 0 Å². The van der Waals surface area contributed by atoms with Crippen molar-refractivity contribution in [3.8, 4) is 0 Å². The molecule has 0 spiro atoms. The van der Waals surface area contributed by atoms with Crippen molar-refractivity contribution in [1.82, 2.24) is 9.97 Å². The highest BCUT2D eigenvalue weighted by Gasteiger charge is 2.09. The maximum absolute atomic E-state index is 6.08. The van der Waals surface area contributed by atoms with Gasteiger partial charge in [0.1, 0.15) is 5.02 Å². The molecule has 1 aromatic heterocycles. The van der Waals surface area contributed by atoms with Crippen LogP contribution >= 0.6 is 11.6 Å². The van der Waals surface area contributed by atoms with Crippen LogP contribution < -0.4 is 16.6 Å². The van der Waals surface area contributed by atoms with E-state index in [-0.39, 0.29) is 0 Å². The number of hydrogen-bond donors (Lipinski definition) is 3. The van der Waals surface area contributed by atoms with Crippen LogP contribution in [0, 0.1) is 0 Å². The van der Waals surface area contributed by atoms with E-state index in [9.17, 15) is 0 Å². The monoisotopic (exact) mass is 277 g/mol. The molecule has 0 amide bonds. The molecule has 0 radical (unpaired) electrons. The minimum Gasteiger partial charge on any atom is -0.339 e. The number of halogens is 1. The number of rotatable bonds is 4. The second-order valence-electron chi connectivity index (χ2n) is 4.40. The Bertz CT molecular complexity index is 571. The molecule has 0 bridgehead atoms. The number of para-hydroxylation sites is 1. The van der Waals surface area contributed by atoms with Gasteiger partial charge < -0.3 is 5.32 Å². The molecule has 6 heteroatoms. The van der Waals surface area contributed by atoms with Crippen LogP contribution in [0.3, 0.4) is 0 Å². The molecule has 100 valence electrons. The molecule has 1 heterocycles. The van der Waals surface area contributed by atoms with Gasteiger partial charge in [0, 0.05) is 5.69 Å². The highest BCUT2D eigenvalue weighted by molar-refractivity contribution is 6.32. The van der Waals surface area contributed by atoms with Gasteiger partial charge in [0.05, 0.1) is 6.20 Å². The molecule has 0 fully saturated rings. The van der Waals surface area contributed by atoms with E-state index in [1.165, 1.54) is 11.8 Å². The van der Waals surface area contributed by atoms with Gasteiger partial charge in [-0.15, -0.1) is 0 Å². The second-order valence-corrected chi connectivity index (χ2v) is 4.81. The summed E-state index contributed by atoms with van der Waals surface area (Å²) in [6, 6.07) is 8.04. The number of benzene rings is 1. The van der Waals surface area contributed by atoms with Crippen LogP contribution in [0.15, 0.2) is 30.5 Å². The zero-order valence-corrected chi connectivity index (χ0v) is 11.6. The standard InChI is InChI=1S/C13H16ClN5/c1-8(2)9-5-3-4-6-11(9)17-12-10(14)7-16-13(18-12)19-15/h3-8H,15H2,1-2H3,(H2,16,17,18,19). The Kier molecular flexibility index (Phi) is 4.19. The molecule has 0 unspecified atom stereocenters. The van der Waals surface area contributed by atoms with E-state index in [0.717, 1.165) is 5.69 Å². The van der Waals surface area contributed by atoms with Gasteiger partial charge in [-0.05, 0) is 17.5 Å². The lowest BCUT2D eigenvalue weighted by Gasteiger charge is -2.15. The molecule has 19 heavy (non-hydrogen) atoms. The number of nitrogens with zero attached hydrogens (tertiary/aromatic N) is 2. The van der Waals surface area contributed by atoms with Crippen LogP contribution in [0.1, 0.15) is 25.3 Å². The van der Waals surface area contributed by atoms with Gasteiger partial charge in [0.2, 0.25) is 5.95 Å². The summed E-state index contributed by atoms with van der Waals surface area (Å²) in [6.45, 7) is 4.27. The maximum Gasteiger partial charge on any atom is 0.239 e. The lowest BCUT2D eigenvalue weighted by molar-refractivity contribution is 0.869. The van der Waals surface area contributed by atoms with Crippen LogP contribution in [-0.2, 0) is 0 Å². The Hall–Kier alpha value is -1.85. The summed E-state index contributed by atoms with van der Waals surface area (Å²) in [6.07, 6.45) is 1.50. The molecular weight excluding hydrogens is 262 g/mol. The largest absolute Gasteiger partial charge is 0.339 e. The first-order valence-electron chi connectivity index (χ1n) is 5.97. The van der Waals surface area contributed by atoms with E-state index < -0.39 is 0 Å². The topological polar surface area (TPSA) is 75.9 Å². The Balaban J connectivity index is 2.36. The van der Waals surface area contributed by atoms with Gasteiger partial charge in [-0.1, -0.05) is 43.6 Å². The third-order valence-corrected chi connectivity index (χ3v) is 2.99. The van der Waals surface area contributed by atoms with E-state index in [2.05, 4.69) is 40.6 Å². The van der Waals surface area contributed by atoms with Crippen molar-refractivity contribution in [1.29, 1.82) is 0 Å². The van der Waals surface area contributed by atoms with E-state index in [1.54, 1.807) is 0 Å². The van der Waals surface area contributed by atoms with Crippen LogP contribution in [0.25, 0.3) is 0 Å². The maximum atomic E-state index is 6.08. The highest BCUT2D eigenvalue weighted by Crippen LogP contribution is 2.29. The van der Waals surface area contributed by atoms with Gasteiger partial charge in [-0.25, -0.2) is 10.8 Å². The van der Waals surface area contributed by atoms with Crippen LogP contribution in [-0.4, -0.2) is 9.97 Å². The van der Waals surface area contributed by atoms with Crippen LogP contribution in [0.2, 0.25) is 5.02 Å². The van der Waals surface area contributed by atoms with Crippen molar-refractivity contribution < 1.29 is 0 Å². The van der Waals surface area contributed by atoms with Crippen molar-refractivity contribution >= 4 is 29.1 Å². The summed E-state index contributed by atoms with van der Waals surface area (Å²) >= 11 is 6.08. The molecule has 1 aromatic carbocycles. The SMILES string of the molecule is CC(C)c1ccccc1Nc1nc(NN)ncc1Cl. The number of nitrogens with one attached hydrogen (secondary N) is 2. The average molecular weight is 278 g/mol. The minimum atomic E-state index is 0.314. The van der Waals surface area contributed by atoms with Gasteiger partial charge in [0.15, 0.2) is 5.82 Å². The molecule has 0 saturated heterocycles. The first-order chi connectivity index (χ1) is 9.11. The van der Waals surface area contributed by atoms with Crippen molar-refractivity contribution in [2.45, 2.75) is 19.8 Å². The summed E-state index contributed by atoms with van der Waals surface area (Å²) in [5.74, 6) is 6.53. The fourth-order valence-electron chi connectivity index (χ4n) is 1.77. The first kappa shape index (κ1) is 13.6. The molecular formula is C13H16ClN5. The fraction of sp³-hybridized carbons (Fsp3) is 0.231. The number of nitrogens with two attached hydrogens (primary N) is 1. The average Bonchev–Trinajstić information content (AvgIpc) is 2.41.